The lowest BCUT2D eigenvalue weighted by Crippen LogP contribution is -2.24. The summed E-state index contributed by atoms with van der Waals surface area (Å²) >= 11 is 0.944. The Bertz CT molecular complexity index is 303. The fourth-order valence-corrected chi connectivity index (χ4v) is 1.46. The Labute approximate surface area is 72.2 Å². The molecule has 0 saturated heterocycles. The second kappa shape index (κ2) is 2.90. The van der Waals surface area contributed by atoms with Gasteiger partial charge in [-0.05, 0) is 6.92 Å². The average molecular weight is 191 g/mol. The van der Waals surface area contributed by atoms with Crippen molar-refractivity contribution in [3.8, 4) is 0 Å². The molecule has 1 rings (SSSR count). The molecule has 0 fully saturated rings. The SMILES string of the molecule is Cc1csc(C(=O)C(C)(F)F)n1. The molecule has 2 nitrogen and oxygen atoms in total. The molecule has 0 aromatic carbocycles. The molecule has 12 heavy (non-hydrogen) atoms. The van der Waals surface area contributed by atoms with Gasteiger partial charge in [0.1, 0.15) is 0 Å². The van der Waals surface area contributed by atoms with Crippen LogP contribution in [-0.4, -0.2) is 16.7 Å². The van der Waals surface area contributed by atoms with Crippen molar-refractivity contribution in [3.05, 3.63) is 16.1 Å². The summed E-state index contributed by atoms with van der Waals surface area (Å²) < 4.78 is 24.9. The van der Waals surface area contributed by atoms with Crippen LogP contribution in [0.4, 0.5) is 8.78 Å². The lowest BCUT2D eigenvalue weighted by atomic mass is 10.2. The quantitative estimate of drug-likeness (QED) is 0.671. The molecule has 5 heteroatoms. The minimum absolute atomic E-state index is 0.125. The Kier molecular flexibility index (Phi) is 2.23. The van der Waals surface area contributed by atoms with Gasteiger partial charge in [-0.15, -0.1) is 11.3 Å². The molecule has 0 aliphatic heterocycles. The van der Waals surface area contributed by atoms with Crippen LogP contribution >= 0.6 is 11.3 Å². The highest BCUT2D eigenvalue weighted by molar-refractivity contribution is 7.11. The summed E-state index contributed by atoms with van der Waals surface area (Å²) in [6.45, 7) is 2.23. The Morgan fingerprint density at radius 1 is 1.67 bits per heavy atom. The van der Waals surface area contributed by atoms with Crippen LogP contribution in [0.25, 0.3) is 0 Å². The first-order chi connectivity index (χ1) is 5.41. The number of thiazole rings is 1. The number of carbonyl (C=O) groups excluding carboxylic acids is 1. The molecule has 0 atom stereocenters. The van der Waals surface area contributed by atoms with Gasteiger partial charge >= 0.3 is 5.92 Å². The van der Waals surface area contributed by atoms with Gasteiger partial charge < -0.3 is 0 Å². The van der Waals surface area contributed by atoms with Gasteiger partial charge in [0.25, 0.3) is 5.78 Å². The van der Waals surface area contributed by atoms with Gasteiger partial charge in [-0.25, -0.2) is 4.98 Å². The molecule has 0 spiro atoms. The molecule has 0 unspecified atom stereocenters. The Morgan fingerprint density at radius 3 is 2.58 bits per heavy atom. The zero-order chi connectivity index (χ0) is 9.35. The van der Waals surface area contributed by atoms with E-state index in [0.29, 0.717) is 12.6 Å². The van der Waals surface area contributed by atoms with E-state index in [9.17, 15) is 13.6 Å². The second-order valence-electron chi connectivity index (χ2n) is 2.51. The number of hydrogen-bond acceptors (Lipinski definition) is 3. The number of aromatic nitrogens is 1. The van der Waals surface area contributed by atoms with Crippen molar-refractivity contribution in [2.45, 2.75) is 19.8 Å². The minimum Gasteiger partial charge on any atom is -0.285 e. The summed E-state index contributed by atoms with van der Waals surface area (Å²) in [6, 6.07) is 0. The molecule has 0 aliphatic carbocycles. The zero-order valence-electron chi connectivity index (χ0n) is 6.60. The monoisotopic (exact) mass is 191 g/mol. The highest BCUT2D eigenvalue weighted by Gasteiger charge is 2.35. The number of nitrogens with zero attached hydrogens (tertiary/aromatic N) is 1. The molecule has 66 valence electrons. The van der Waals surface area contributed by atoms with E-state index in [1.807, 2.05) is 0 Å². The number of hydrogen-bond donors (Lipinski definition) is 0. The Hall–Kier alpha value is -0.840. The van der Waals surface area contributed by atoms with Crippen LogP contribution < -0.4 is 0 Å². The smallest absolute Gasteiger partial charge is 0.285 e. The molecule has 0 aliphatic rings. The third kappa shape index (κ3) is 1.85. The molecule has 0 bridgehead atoms. The zero-order valence-corrected chi connectivity index (χ0v) is 7.41. The van der Waals surface area contributed by atoms with Crippen LogP contribution in [0.5, 0.6) is 0 Å². The van der Waals surface area contributed by atoms with Crippen molar-refractivity contribution in [2.75, 3.05) is 0 Å². The van der Waals surface area contributed by atoms with E-state index in [-0.39, 0.29) is 5.01 Å². The third-order valence-electron chi connectivity index (χ3n) is 1.21. The maximum atomic E-state index is 12.4. The van der Waals surface area contributed by atoms with Crippen molar-refractivity contribution < 1.29 is 13.6 Å². The largest absolute Gasteiger partial charge is 0.309 e. The van der Waals surface area contributed by atoms with E-state index >= 15 is 0 Å². The number of aryl methyl sites for hydroxylation is 1. The lowest BCUT2D eigenvalue weighted by molar-refractivity contribution is 0.0221. The molecule has 0 saturated carbocycles. The summed E-state index contributed by atoms with van der Waals surface area (Å²) in [4.78, 5) is 14.5. The molecule has 0 radical (unpaired) electrons. The predicted molar refractivity (Wildman–Crippen MR) is 41.8 cm³/mol. The van der Waals surface area contributed by atoms with Crippen molar-refractivity contribution in [1.82, 2.24) is 4.98 Å². The van der Waals surface area contributed by atoms with Crippen LogP contribution in [0.2, 0.25) is 0 Å². The van der Waals surface area contributed by atoms with E-state index in [0.717, 1.165) is 11.3 Å². The van der Waals surface area contributed by atoms with Crippen LogP contribution in [0.1, 0.15) is 22.4 Å². The van der Waals surface area contributed by atoms with Crippen LogP contribution in [0, 0.1) is 6.92 Å². The van der Waals surface area contributed by atoms with Crippen LogP contribution in [0.15, 0.2) is 5.38 Å². The molecular formula is C7H7F2NOS. The molecule has 1 heterocycles. The minimum atomic E-state index is -3.32. The van der Waals surface area contributed by atoms with Crippen molar-refractivity contribution in [2.24, 2.45) is 0 Å². The first-order valence-electron chi connectivity index (χ1n) is 3.26. The number of carbonyl (C=O) groups is 1. The van der Waals surface area contributed by atoms with Crippen molar-refractivity contribution in [1.29, 1.82) is 0 Å². The normalized spacial score (nSPS) is 11.7. The van der Waals surface area contributed by atoms with Gasteiger partial charge in [-0.3, -0.25) is 4.79 Å². The van der Waals surface area contributed by atoms with E-state index in [1.165, 1.54) is 0 Å². The summed E-state index contributed by atoms with van der Waals surface area (Å²) in [6.07, 6.45) is 0. The third-order valence-corrected chi connectivity index (χ3v) is 2.17. The average Bonchev–Trinajstić information content (AvgIpc) is 2.32. The van der Waals surface area contributed by atoms with Crippen molar-refractivity contribution >= 4 is 17.1 Å². The van der Waals surface area contributed by atoms with E-state index in [4.69, 9.17) is 0 Å². The predicted octanol–water partition coefficient (Wildman–Crippen LogP) is 2.29. The van der Waals surface area contributed by atoms with Gasteiger partial charge in [0, 0.05) is 18.0 Å². The molecule has 1 aromatic rings. The fraction of sp³-hybridized carbons (Fsp3) is 0.429. The maximum Gasteiger partial charge on any atom is 0.309 e. The number of ketones is 1. The first kappa shape index (κ1) is 9.25. The lowest BCUT2D eigenvalue weighted by Gasteiger charge is -2.04. The summed E-state index contributed by atoms with van der Waals surface area (Å²) in [5.74, 6) is -4.52. The number of alkyl halides is 2. The molecule has 0 N–H and O–H groups in total. The number of Topliss-reactive ketones (excluding diaryl/α,β-unsaturated/α-hetero) is 1. The second-order valence-corrected chi connectivity index (χ2v) is 3.37. The maximum absolute atomic E-state index is 12.4. The first-order valence-corrected chi connectivity index (χ1v) is 4.14. The topological polar surface area (TPSA) is 30.0 Å². The van der Waals surface area contributed by atoms with Gasteiger partial charge in [0.05, 0.1) is 0 Å². The fourth-order valence-electron chi connectivity index (χ4n) is 0.646. The van der Waals surface area contributed by atoms with E-state index < -0.39 is 11.7 Å². The van der Waals surface area contributed by atoms with E-state index in [1.54, 1.807) is 12.3 Å². The Balaban J connectivity index is 2.93. The van der Waals surface area contributed by atoms with Crippen LogP contribution in [-0.2, 0) is 0 Å². The Morgan fingerprint density at radius 2 is 2.25 bits per heavy atom. The highest BCUT2D eigenvalue weighted by Crippen LogP contribution is 2.21. The van der Waals surface area contributed by atoms with E-state index in [2.05, 4.69) is 4.98 Å². The highest BCUT2D eigenvalue weighted by atomic mass is 32.1. The molecule has 1 aromatic heterocycles. The summed E-state index contributed by atoms with van der Waals surface area (Å²) in [5.41, 5.74) is 0.590. The number of rotatable bonds is 2. The van der Waals surface area contributed by atoms with Gasteiger partial charge in [-0.2, -0.15) is 8.78 Å². The summed E-state index contributed by atoms with van der Waals surface area (Å²) in [5, 5.41) is 1.44. The van der Waals surface area contributed by atoms with Crippen LogP contribution in [0.3, 0.4) is 0 Å². The van der Waals surface area contributed by atoms with Gasteiger partial charge in [-0.1, -0.05) is 0 Å². The van der Waals surface area contributed by atoms with Gasteiger partial charge in [0.2, 0.25) is 0 Å². The van der Waals surface area contributed by atoms with Crippen molar-refractivity contribution in [3.63, 3.8) is 0 Å². The number of halogens is 2. The molecular weight excluding hydrogens is 184 g/mol. The molecule has 0 amide bonds. The van der Waals surface area contributed by atoms with Gasteiger partial charge in [0.15, 0.2) is 5.01 Å². The summed E-state index contributed by atoms with van der Waals surface area (Å²) in [7, 11) is 0. The standard InChI is InChI=1S/C7H7F2NOS/c1-4-3-12-6(10-4)5(11)7(2,8)9/h3H,1-2H3.